The van der Waals surface area contributed by atoms with E-state index >= 15 is 0 Å². The largest absolute Gasteiger partial charge is 0.354 e. The molecule has 0 rings (SSSR count). The monoisotopic (exact) mass is 286 g/mol. The molecule has 0 fully saturated rings. The van der Waals surface area contributed by atoms with Gasteiger partial charge in [-0.2, -0.15) is 0 Å². The number of halogens is 1. The summed E-state index contributed by atoms with van der Waals surface area (Å²) in [6.07, 6.45) is 0.671. The second-order valence-electron chi connectivity index (χ2n) is 2.69. The topological polar surface area (TPSA) is 75.3 Å². The van der Waals surface area contributed by atoms with E-state index in [4.69, 9.17) is 0 Å². The number of carbonyl (C=O) groups excluding carboxylic acids is 1. The van der Waals surface area contributed by atoms with Crippen molar-refractivity contribution < 1.29 is 13.2 Å². The highest BCUT2D eigenvalue weighted by molar-refractivity contribution is 9.10. The summed E-state index contributed by atoms with van der Waals surface area (Å²) >= 11 is 3.16. The highest BCUT2D eigenvalue weighted by Crippen LogP contribution is 2.03. The standard InChI is InChI=1S/C7H15BrN2O3S/c1-3-6(8)7(11)10-4-5-14(12,13)9-2/h6,9H,3-5H2,1-2H3,(H,10,11). The van der Waals surface area contributed by atoms with Crippen LogP contribution in [0.25, 0.3) is 0 Å². The van der Waals surface area contributed by atoms with Crippen LogP contribution in [0.1, 0.15) is 13.3 Å². The zero-order valence-electron chi connectivity index (χ0n) is 8.21. The van der Waals surface area contributed by atoms with Gasteiger partial charge in [0.25, 0.3) is 0 Å². The minimum Gasteiger partial charge on any atom is -0.354 e. The Balaban J connectivity index is 3.81. The van der Waals surface area contributed by atoms with Gasteiger partial charge in [0, 0.05) is 6.54 Å². The van der Waals surface area contributed by atoms with Crippen molar-refractivity contribution in [2.45, 2.75) is 18.2 Å². The molecule has 0 aromatic carbocycles. The fraction of sp³-hybridized carbons (Fsp3) is 0.857. The van der Waals surface area contributed by atoms with Gasteiger partial charge in [0.2, 0.25) is 15.9 Å². The number of alkyl halides is 1. The summed E-state index contributed by atoms with van der Waals surface area (Å²) in [6.45, 7) is 1.99. The minimum absolute atomic E-state index is 0.0985. The molecule has 0 aromatic rings. The van der Waals surface area contributed by atoms with E-state index in [1.54, 1.807) is 0 Å². The molecule has 0 spiro atoms. The van der Waals surface area contributed by atoms with Crippen LogP contribution in [0.4, 0.5) is 0 Å². The number of nitrogens with one attached hydrogen (secondary N) is 2. The lowest BCUT2D eigenvalue weighted by molar-refractivity contribution is -0.120. The van der Waals surface area contributed by atoms with Crippen molar-refractivity contribution in [2.75, 3.05) is 19.3 Å². The molecule has 0 saturated heterocycles. The van der Waals surface area contributed by atoms with E-state index in [1.807, 2.05) is 6.92 Å². The number of sulfonamides is 1. The van der Waals surface area contributed by atoms with Gasteiger partial charge in [0.05, 0.1) is 10.6 Å². The van der Waals surface area contributed by atoms with Crippen molar-refractivity contribution in [3.05, 3.63) is 0 Å². The Kier molecular flexibility index (Phi) is 6.30. The predicted octanol–water partition coefficient (Wildman–Crippen LogP) is -0.175. The quantitative estimate of drug-likeness (QED) is 0.666. The lowest BCUT2D eigenvalue weighted by atomic mass is 10.3. The third-order valence-corrected chi connectivity index (χ3v) is 4.05. The molecule has 0 aliphatic heterocycles. The van der Waals surface area contributed by atoms with Gasteiger partial charge in [0.1, 0.15) is 0 Å². The summed E-state index contributed by atoms with van der Waals surface area (Å²) in [5.41, 5.74) is 0. The molecule has 2 N–H and O–H groups in total. The molecule has 0 bridgehead atoms. The molecule has 0 aliphatic carbocycles. The maximum Gasteiger partial charge on any atom is 0.233 e. The summed E-state index contributed by atoms with van der Waals surface area (Å²) in [4.78, 5) is 10.9. The molecule has 84 valence electrons. The molecule has 5 nitrogen and oxygen atoms in total. The fourth-order valence-electron chi connectivity index (χ4n) is 0.707. The number of hydrogen-bond donors (Lipinski definition) is 2. The molecule has 7 heteroatoms. The van der Waals surface area contributed by atoms with E-state index in [0.29, 0.717) is 6.42 Å². The molecule has 0 radical (unpaired) electrons. The summed E-state index contributed by atoms with van der Waals surface area (Å²) < 4.78 is 24.1. The second-order valence-corrected chi connectivity index (χ2v) is 5.84. The molecule has 14 heavy (non-hydrogen) atoms. The Bertz CT molecular complexity index is 279. The van der Waals surface area contributed by atoms with Crippen molar-refractivity contribution in [2.24, 2.45) is 0 Å². The molecule has 0 aromatic heterocycles. The summed E-state index contributed by atoms with van der Waals surface area (Å²) in [5, 5.41) is 2.52. The van der Waals surface area contributed by atoms with Gasteiger partial charge in [-0.05, 0) is 13.5 Å². The molecule has 1 unspecified atom stereocenters. The van der Waals surface area contributed by atoms with Crippen molar-refractivity contribution in [1.82, 2.24) is 10.0 Å². The second kappa shape index (κ2) is 6.36. The van der Waals surface area contributed by atoms with Gasteiger partial charge in [-0.25, -0.2) is 13.1 Å². The van der Waals surface area contributed by atoms with E-state index in [1.165, 1.54) is 7.05 Å². The SMILES string of the molecule is CCC(Br)C(=O)NCCS(=O)(=O)NC. The lowest BCUT2D eigenvalue weighted by Crippen LogP contribution is -2.36. The smallest absolute Gasteiger partial charge is 0.233 e. The highest BCUT2D eigenvalue weighted by atomic mass is 79.9. The van der Waals surface area contributed by atoms with Crippen molar-refractivity contribution >= 4 is 31.9 Å². The van der Waals surface area contributed by atoms with Crippen LogP contribution in [-0.4, -0.2) is 38.5 Å². The Morgan fingerprint density at radius 1 is 1.50 bits per heavy atom. The number of hydrogen-bond acceptors (Lipinski definition) is 3. The first-order chi connectivity index (χ1) is 6.43. The van der Waals surface area contributed by atoms with Gasteiger partial charge in [-0.1, -0.05) is 22.9 Å². The van der Waals surface area contributed by atoms with Crippen LogP contribution in [-0.2, 0) is 14.8 Å². The van der Waals surface area contributed by atoms with E-state index < -0.39 is 10.0 Å². The molecule has 0 aliphatic rings. The summed E-state index contributed by atoms with van der Waals surface area (Å²) in [6, 6.07) is 0. The first-order valence-electron chi connectivity index (χ1n) is 4.26. The average Bonchev–Trinajstić information content (AvgIpc) is 2.16. The van der Waals surface area contributed by atoms with E-state index in [2.05, 4.69) is 26.0 Å². The lowest BCUT2D eigenvalue weighted by Gasteiger charge is -2.08. The van der Waals surface area contributed by atoms with E-state index in [0.717, 1.165) is 0 Å². The van der Waals surface area contributed by atoms with Gasteiger partial charge in [0.15, 0.2) is 0 Å². The molecule has 1 amide bonds. The van der Waals surface area contributed by atoms with Crippen LogP contribution in [0.5, 0.6) is 0 Å². The normalized spacial score (nSPS) is 13.6. The Morgan fingerprint density at radius 3 is 2.50 bits per heavy atom. The molecule has 0 heterocycles. The first-order valence-corrected chi connectivity index (χ1v) is 6.82. The van der Waals surface area contributed by atoms with Gasteiger partial charge in [-0.3, -0.25) is 4.79 Å². The van der Waals surface area contributed by atoms with Crippen LogP contribution in [0, 0.1) is 0 Å². The zero-order valence-corrected chi connectivity index (χ0v) is 10.6. The minimum atomic E-state index is -3.23. The van der Waals surface area contributed by atoms with Crippen LogP contribution in [0.15, 0.2) is 0 Å². The number of carbonyl (C=O) groups is 1. The van der Waals surface area contributed by atoms with Crippen LogP contribution in [0.2, 0.25) is 0 Å². The molecular weight excluding hydrogens is 272 g/mol. The Hall–Kier alpha value is -0.140. The van der Waals surface area contributed by atoms with E-state index in [9.17, 15) is 13.2 Å². The maximum absolute atomic E-state index is 11.2. The fourth-order valence-corrected chi connectivity index (χ4v) is 1.44. The van der Waals surface area contributed by atoms with E-state index in [-0.39, 0.29) is 23.0 Å². The molecule has 1 atom stereocenters. The maximum atomic E-state index is 11.2. The molecular formula is C7H15BrN2O3S. The van der Waals surface area contributed by atoms with Crippen LogP contribution < -0.4 is 10.0 Å². The van der Waals surface area contributed by atoms with Crippen LogP contribution in [0.3, 0.4) is 0 Å². The molecule has 0 saturated carbocycles. The average molecular weight is 287 g/mol. The van der Waals surface area contributed by atoms with Gasteiger partial charge in [-0.15, -0.1) is 0 Å². The third kappa shape index (κ3) is 5.56. The van der Waals surface area contributed by atoms with Crippen molar-refractivity contribution in [1.29, 1.82) is 0 Å². The van der Waals surface area contributed by atoms with Crippen molar-refractivity contribution in [3.8, 4) is 0 Å². The summed E-state index contributed by atoms with van der Waals surface area (Å²) in [7, 11) is -1.88. The van der Waals surface area contributed by atoms with Gasteiger partial charge >= 0.3 is 0 Å². The Morgan fingerprint density at radius 2 is 2.07 bits per heavy atom. The summed E-state index contributed by atoms with van der Waals surface area (Å²) in [5.74, 6) is -0.280. The van der Waals surface area contributed by atoms with Crippen LogP contribution >= 0.6 is 15.9 Å². The number of rotatable bonds is 6. The van der Waals surface area contributed by atoms with Gasteiger partial charge < -0.3 is 5.32 Å². The predicted molar refractivity (Wildman–Crippen MR) is 58.9 cm³/mol. The highest BCUT2D eigenvalue weighted by Gasteiger charge is 2.13. The zero-order chi connectivity index (χ0) is 11.2. The van der Waals surface area contributed by atoms with Crippen molar-refractivity contribution in [3.63, 3.8) is 0 Å². The Labute approximate surface area is 92.8 Å². The number of amides is 1. The first kappa shape index (κ1) is 13.9. The third-order valence-electron chi connectivity index (χ3n) is 1.62.